The van der Waals surface area contributed by atoms with Crippen molar-refractivity contribution >= 4 is 28.6 Å². The van der Waals surface area contributed by atoms with Gasteiger partial charge in [0.2, 0.25) is 5.91 Å². The normalized spacial score (nSPS) is 16.3. The van der Waals surface area contributed by atoms with Crippen molar-refractivity contribution in [1.29, 1.82) is 0 Å². The molecule has 1 amide bonds. The van der Waals surface area contributed by atoms with E-state index in [0.29, 0.717) is 49.2 Å². The fourth-order valence-electron chi connectivity index (χ4n) is 6.39. The highest BCUT2D eigenvalue weighted by molar-refractivity contribution is 7.98. The van der Waals surface area contributed by atoms with E-state index in [1.54, 1.807) is 29.2 Å². The Morgan fingerprint density at radius 1 is 1.00 bits per heavy atom. The number of benzene rings is 4. The molecule has 6 rings (SSSR count). The zero-order chi connectivity index (χ0) is 43.7. The monoisotopic (exact) mass is 756 g/mol. The number of pyridine rings is 1. The molecule has 12 heteroatoms. The molecular formula is C41H40F5N3O3S. The van der Waals surface area contributed by atoms with Crippen LogP contribution in [0, 0.1) is 18.6 Å². The molecule has 5 aromatic rings. The first-order valence-electron chi connectivity index (χ1n) is 20.4. The third-order valence-corrected chi connectivity index (χ3v) is 10.3. The molecule has 1 saturated heterocycles. The van der Waals surface area contributed by atoms with Gasteiger partial charge in [0.1, 0.15) is 6.54 Å². The van der Waals surface area contributed by atoms with Gasteiger partial charge in [0.25, 0.3) is 0 Å². The van der Waals surface area contributed by atoms with E-state index in [1.807, 2.05) is 4.90 Å². The fraction of sp³-hybridized carbons (Fsp3) is 0.317. The highest BCUT2D eigenvalue weighted by Gasteiger charge is 2.31. The number of hydrogen-bond acceptors (Lipinski definition) is 5. The second-order valence-corrected chi connectivity index (χ2v) is 13.7. The predicted molar refractivity (Wildman–Crippen MR) is 198 cm³/mol. The Hall–Kier alpha value is -4.52. The minimum absolute atomic E-state index is 0.0292. The molecule has 0 spiro atoms. The van der Waals surface area contributed by atoms with E-state index in [0.717, 1.165) is 30.0 Å². The Kier molecular flexibility index (Phi) is 9.39. The average molecular weight is 757 g/mol. The average Bonchev–Trinajstić information content (AvgIpc) is 3.20. The molecule has 1 fully saturated rings. The SMILES string of the molecule is [2H]c1c(C)c([2H])c2c(=O)c([2H])c(SCc3cccc(F)c3F)n(CC(=O)N(Cc3ccc(-c4ccc(C(F)(F)F)cc4)cc3)C3CCN(CCOC([2H])([2H])[2H])CC3)c2c1[2H]. The van der Waals surface area contributed by atoms with Crippen LogP contribution in [0.2, 0.25) is 0 Å². The summed E-state index contributed by atoms with van der Waals surface area (Å²) >= 11 is 0.779. The van der Waals surface area contributed by atoms with E-state index in [4.69, 9.17) is 14.3 Å². The van der Waals surface area contributed by atoms with Gasteiger partial charge in [-0.15, -0.1) is 11.8 Å². The van der Waals surface area contributed by atoms with Crippen molar-refractivity contribution in [3.05, 3.63) is 135 Å². The molecule has 4 aromatic carbocycles. The number of rotatable bonds is 12. The second kappa shape index (κ2) is 16.7. The van der Waals surface area contributed by atoms with Crippen LogP contribution in [0.1, 0.15) is 44.7 Å². The fourth-order valence-corrected chi connectivity index (χ4v) is 7.38. The number of methoxy groups -OCH3 is 1. The van der Waals surface area contributed by atoms with Gasteiger partial charge in [0.15, 0.2) is 17.1 Å². The van der Waals surface area contributed by atoms with Crippen LogP contribution in [0.4, 0.5) is 22.0 Å². The molecule has 6 nitrogen and oxygen atoms in total. The summed E-state index contributed by atoms with van der Waals surface area (Å²) < 4.78 is 132. The quantitative estimate of drug-likeness (QED) is 0.0943. The van der Waals surface area contributed by atoms with Crippen molar-refractivity contribution in [1.82, 2.24) is 14.4 Å². The number of nitrogens with zero attached hydrogens (tertiary/aromatic N) is 3. The Bertz CT molecular complexity index is 2440. The van der Waals surface area contributed by atoms with Crippen molar-refractivity contribution < 1.29 is 41.1 Å². The summed E-state index contributed by atoms with van der Waals surface area (Å²) in [5, 5.41) is -0.476. The number of aromatic nitrogens is 1. The molecule has 1 aliphatic rings. The first-order chi connectivity index (χ1) is 28.2. The lowest BCUT2D eigenvalue weighted by molar-refractivity contribution is -0.137. The lowest BCUT2D eigenvalue weighted by Gasteiger charge is -2.39. The summed E-state index contributed by atoms with van der Waals surface area (Å²) in [5.74, 6) is -3.03. The maximum atomic E-state index is 14.8. The van der Waals surface area contributed by atoms with E-state index in [2.05, 4.69) is 0 Å². The zero-order valence-electron chi connectivity index (χ0n) is 35.7. The summed E-state index contributed by atoms with van der Waals surface area (Å²) in [5.41, 5.74) is -0.147. The van der Waals surface area contributed by atoms with Crippen LogP contribution in [-0.4, -0.2) is 59.6 Å². The van der Waals surface area contributed by atoms with Crippen LogP contribution >= 0.6 is 11.8 Å². The van der Waals surface area contributed by atoms with E-state index >= 15 is 0 Å². The minimum Gasteiger partial charge on any atom is -0.383 e. The third kappa shape index (κ3) is 9.17. The van der Waals surface area contributed by atoms with E-state index in [9.17, 15) is 31.5 Å². The topological polar surface area (TPSA) is 54.8 Å². The van der Waals surface area contributed by atoms with E-state index in [1.165, 1.54) is 35.8 Å². The molecule has 0 atom stereocenters. The van der Waals surface area contributed by atoms with Gasteiger partial charge in [0, 0.05) is 62.0 Å². The number of halogens is 5. The van der Waals surface area contributed by atoms with Gasteiger partial charge in [-0.05, 0) is 66.7 Å². The van der Waals surface area contributed by atoms with Gasteiger partial charge < -0.3 is 19.1 Å². The van der Waals surface area contributed by atoms with Crippen LogP contribution in [0.5, 0.6) is 0 Å². The van der Waals surface area contributed by atoms with Crippen molar-refractivity contribution in [3.63, 3.8) is 0 Å². The number of thioether (sulfide) groups is 1. The molecule has 1 aromatic heterocycles. The minimum atomic E-state index is -4.49. The summed E-state index contributed by atoms with van der Waals surface area (Å²) in [6, 6.07) is 13.0. The summed E-state index contributed by atoms with van der Waals surface area (Å²) in [4.78, 5) is 32.1. The number of hydrogen-bond donors (Lipinski definition) is 0. The Morgan fingerprint density at radius 2 is 1.70 bits per heavy atom. The predicted octanol–water partition coefficient (Wildman–Crippen LogP) is 8.71. The summed E-state index contributed by atoms with van der Waals surface area (Å²) in [6.07, 6.45) is -3.58. The lowest BCUT2D eigenvalue weighted by Crippen LogP contribution is -2.48. The molecular weight excluding hydrogens is 710 g/mol. The highest BCUT2D eigenvalue weighted by atomic mass is 32.2. The molecule has 1 aliphatic heterocycles. The molecule has 0 bridgehead atoms. The molecule has 0 saturated carbocycles. The maximum Gasteiger partial charge on any atom is 0.416 e. The van der Waals surface area contributed by atoms with Gasteiger partial charge in [-0.3, -0.25) is 9.59 Å². The highest BCUT2D eigenvalue weighted by Crippen LogP contribution is 2.32. The number of alkyl halides is 3. The summed E-state index contributed by atoms with van der Waals surface area (Å²) in [6.45, 7) is 2.14. The zero-order valence-corrected chi connectivity index (χ0v) is 29.5. The van der Waals surface area contributed by atoms with Gasteiger partial charge in [-0.1, -0.05) is 60.1 Å². The maximum absolute atomic E-state index is 14.8. The van der Waals surface area contributed by atoms with Crippen molar-refractivity contribution in [2.45, 2.75) is 55.9 Å². The van der Waals surface area contributed by atoms with Crippen LogP contribution in [-0.2, 0) is 34.6 Å². The van der Waals surface area contributed by atoms with Gasteiger partial charge in [0.05, 0.1) is 32.3 Å². The van der Waals surface area contributed by atoms with Crippen LogP contribution in [0.3, 0.4) is 0 Å². The Morgan fingerprint density at radius 3 is 2.38 bits per heavy atom. The third-order valence-electron chi connectivity index (χ3n) is 9.25. The number of fused-ring (bicyclic) bond motifs is 1. The van der Waals surface area contributed by atoms with Crippen molar-refractivity contribution in [3.8, 4) is 11.1 Å². The van der Waals surface area contributed by atoms with Crippen LogP contribution in [0.25, 0.3) is 22.0 Å². The number of ether oxygens (including phenoxy) is 1. The molecule has 0 unspecified atom stereocenters. The van der Waals surface area contributed by atoms with Crippen LogP contribution < -0.4 is 5.43 Å². The van der Waals surface area contributed by atoms with Gasteiger partial charge in [-0.25, -0.2) is 8.78 Å². The van der Waals surface area contributed by atoms with Crippen molar-refractivity contribution in [2.75, 3.05) is 33.3 Å². The smallest absolute Gasteiger partial charge is 0.383 e. The molecule has 2 heterocycles. The number of carbonyl (C=O) groups excluding carboxylic acids is 1. The molecule has 0 N–H and O–H groups in total. The lowest BCUT2D eigenvalue weighted by atomic mass is 10.00. The Labute approximate surface area is 319 Å². The molecule has 0 aliphatic carbocycles. The van der Waals surface area contributed by atoms with E-state index in [-0.39, 0.29) is 64.1 Å². The second-order valence-electron chi connectivity index (χ2n) is 12.8. The summed E-state index contributed by atoms with van der Waals surface area (Å²) in [7, 11) is -2.55. The van der Waals surface area contributed by atoms with E-state index < -0.39 is 60.4 Å². The number of piperidine rings is 1. The number of amides is 1. The largest absolute Gasteiger partial charge is 0.416 e. The first kappa shape index (κ1) is 29.9. The van der Waals surface area contributed by atoms with Gasteiger partial charge in [-0.2, -0.15) is 13.2 Å². The first-order valence-corrected chi connectivity index (χ1v) is 17.8. The number of carbonyl (C=O) groups is 1. The standard InChI is InChI=1S/C41H40F5N3O3S/c1-27-6-15-36-34(22-27)37(50)23-39(53-26-31-4-3-5-35(42)40(31)43)49(36)25-38(51)48(33-16-18-47(19-17-33)20-21-52-2)24-28-7-9-29(10-8-28)30-11-13-32(14-12-30)41(44,45)46/h3-15,22-23,33H,16-21,24-26H2,1-2H3/i2D3,6D,15D,22D,23D. The number of likely N-dealkylation sites (tertiary alicyclic amines) is 1. The molecule has 0 radical (unpaired) electrons. The molecule has 53 heavy (non-hydrogen) atoms. The van der Waals surface area contributed by atoms with Crippen LogP contribution in [0.15, 0.2) is 101 Å². The Balaban J connectivity index is 1.37. The molecule has 278 valence electrons. The van der Waals surface area contributed by atoms with Gasteiger partial charge >= 0.3 is 6.18 Å². The van der Waals surface area contributed by atoms with Crippen molar-refractivity contribution in [2.24, 2.45) is 0 Å².